The molecule has 0 spiro atoms. The van der Waals surface area contributed by atoms with Gasteiger partial charge < -0.3 is 9.47 Å². The topological polar surface area (TPSA) is 93.7 Å². The van der Waals surface area contributed by atoms with Crippen molar-refractivity contribution < 1.29 is 22.7 Å². The van der Waals surface area contributed by atoms with Crippen LogP contribution in [-0.2, 0) is 14.8 Å². The summed E-state index contributed by atoms with van der Waals surface area (Å²) in [6, 6.07) is 11.8. The van der Waals surface area contributed by atoms with Crippen molar-refractivity contribution >= 4 is 15.9 Å². The average Bonchev–Trinajstić information content (AvgIpc) is 2.61. The van der Waals surface area contributed by atoms with Crippen LogP contribution in [0.2, 0.25) is 0 Å². The molecule has 0 aliphatic rings. The molecule has 2 N–H and O–H groups in total. The van der Waals surface area contributed by atoms with E-state index in [9.17, 15) is 13.2 Å². The Balaban J connectivity index is 1.95. The highest BCUT2D eigenvalue weighted by Gasteiger charge is 2.20. The number of hydrogen-bond acceptors (Lipinski definition) is 5. The second-order valence-corrected chi connectivity index (χ2v) is 7.68. The number of benzene rings is 2. The third-order valence-electron chi connectivity index (χ3n) is 3.75. The number of amides is 1. The van der Waals surface area contributed by atoms with Gasteiger partial charge in [0.2, 0.25) is 0 Å². The molecule has 1 amide bonds. The maximum absolute atomic E-state index is 12.4. The van der Waals surface area contributed by atoms with E-state index >= 15 is 0 Å². The first-order valence-corrected chi connectivity index (χ1v) is 9.99. The molecule has 0 saturated heterocycles. The van der Waals surface area contributed by atoms with Gasteiger partial charge in [0.05, 0.1) is 11.5 Å². The van der Waals surface area contributed by atoms with E-state index in [0.29, 0.717) is 23.7 Å². The number of hydrazine groups is 1. The number of carbonyl (C=O) groups excluding carboxylic acids is 1. The van der Waals surface area contributed by atoms with E-state index in [-0.39, 0.29) is 4.90 Å². The Morgan fingerprint density at radius 3 is 2.30 bits per heavy atom. The van der Waals surface area contributed by atoms with Crippen LogP contribution in [0.3, 0.4) is 0 Å². The largest absolute Gasteiger partial charge is 0.494 e. The lowest BCUT2D eigenvalue weighted by atomic mass is 10.2. The lowest BCUT2D eigenvalue weighted by Gasteiger charge is -2.16. The summed E-state index contributed by atoms with van der Waals surface area (Å²) in [5.74, 6) is 0.554. The summed E-state index contributed by atoms with van der Waals surface area (Å²) in [6.45, 7) is 7.53. The smallest absolute Gasteiger partial charge is 0.275 e. The van der Waals surface area contributed by atoms with E-state index in [1.807, 2.05) is 13.8 Å². The van der Waals surface area contributed by atoms with E-state index in [4.69, 9.17) is 9.47 Å². The van der Waals surface area contributed by atoms with Gasteiger partial charge in [-0.3, -0.25) is 10.2 Å². The van der Waals surface area contributed by atoms with Gasteiger partial charge in [0.1, 0.15) is 11.5 Å². The van der Waals surface area contributed by atoms with Gasteiger partial charge in [-0.15, -0.1) is 4.83 Å². The third-order valence-corrected chi connectivity index (χ3v) is 5.15. The predicted molar refractivity (Wildman–Crippen MR) is 102 cm³/mol. The average molecular weight is 392 g/mol. The number of aryl methyl sites for hydroxylation is 2. The van der Waals surface area contributed by atoms with Crippen molar-refractivity contribution in [3.63, 3.8) is 0 Å². The third kappa shape index (κ3) is 5.70. The zero-order valence-corrected chi connectivity index (χ0v) is 16.6. The van der Waals surface area contributed by atoms with E-state index in [1.165, 1.54) is 13.0 Å². The van der Waals surface area contributed by atoms with Crippen LogP contribution in [0.5, 0.6) is 11.5 Å². The molecule has 0 bridgehead atoms. The number of nitrogens with one attached hydrogen (secondary N) is 2. The van der Waals surface area contributed by atoms with Gasteiger partial charge in [0.15, 0.2) is 6.10 Å². The zero-order chi connectivity index (χ0) is 20.0. The van der Waals surface area contributed by atoms with E-state index < -0.39 is 22.0 Å². The minimum atomic E-state index is -3.88. The summed E-state index contributed by atoms with van der Waals surface area (Å²) in [6.07, 6.45) is -0.898. The number of sulfonamides is 1. The molecular formula is C19H24N2O5S. The molecule has 27 heavy (non-hydrogen) atoms. The molecule has 0 heterocycles. The molecular weight excluding hydrogens is 368 g/mol. The molecule has 1 atom stereocenters. The second-order valence-electron chi connectivity index (χ2n) is 6.03. The molecule has 8 heteroatoms. The summed E-state index contributed by atoms with van der Waals surface area (Å²) >= 11 is 0. The molecule has 0 fully saturated rings. The highest BCUT2D eigenvalue weighted by Crippen LogP contribution is 2.19. The Labute approximate surface area is 159 Å². The molecule has 0 aromatic heterocycles. The van der Waals surface area contributed by atoms with Crippen LogP contribution in [0.1, 0.15) is 25.0 Å². The Kier molecular flexibility index (Phi) is 6.81. The van der Waals surface area contributed by atoms with Crippen molar-refractivity contribution in [3.05, 3.63) is 53.6 Å². The van der Waals surface area contributed by atoms with E-state index in [1.54, 1.807) is 43.3 Å². The lowest BCUT2D eigenvalue weighted by molar-refractivity contribution is -0.127. The van der Waals surface area contributed by atoms with Crippen molar-refractivity contribution in [1.29, 1.82) is 0 Å². The van der Waals surface area contributed by atoms with Crippen molar-refractivity contribution in [3.8, 4) is 11.5 Å². The minimum absolute atomic E-state index is 0.105. The van der Waals surface area contributed by atoms with Crippen molar-refractivity contribution in [2.75, 3.05) is 6.61 Å². The molecule has 0 aliphatic heterocycles. The van der Waals surface area contributed by atoms with Crippen LogP contribution >= 0.6 is 0 Å². The Hall–Kier alpha value is -2.58. The summed E-state index contributed by atoms with van der Waals surface area (Å²) in [5, 5.41) is 0. The molecule has 0 unspecified atom stereocenters. The normalized spacial score (nSPS) is 12.3. The SMILES string of the molecule is CCOc1ccc(O[C@H](C)C(=O)NNS(=O)(=O)c2ccc(C)cc2C)cc1. The Morgan fingerprint density at radius 1 is 1.07 bits per heavy atom. The fraction of sp³-hybridized carbons (Fsp3) is 0.316. The highest BCUT2D eigenvalue weighted by atomic mass is 32.2. The van der Waals surface area contributed by atoms with E-state index in [0.717, 1.165) is 5.56 Å². The maximum atomic E-state index is 12.4. The van der Waals surface area contributed by atoms with Crippen molar-refractivity contribution in [1.82, 2.24) is 10.3 Å². The van der Waals surface area contributed by atoms with Crippen LogP contribution in [0, 0.1) is 13.8 Å². The molecule has 0 saturated carbocycles. The van der Waals surface area contributed by atoms with Gasteiger partial charge in [-0.1, -0.05) is 17.7 Å². The van der Waals surface area contributed by atoms with Crippen LogP contribution in [0.4, 0.5) is 0 Å². The first-order chi connectivity index (χ1) is 12.7. The zero-order valence-electron chi connectivity index (χ0n) is 15.8. The number of hydrogen-bond donors (Lipinski definition) is 2. The summed E-state index contributed by atoms with van der Waals surface area (Å²) in [7, 11) is -3.88. The first kappa shape index (κ1) is 20.7. The standard InChI is InChI=1S/C19H24N2O5S/c1-5-25-16-7-9-17(10-8-16)26-15(4)19(22)20-21-27(23,24)18-11-6-13(2)12-14(18)3/h6-12,15,21H,5H2,1-4H3,(H,20,22)/t15-/m1/s1. The van der Waals surface area contributed by atoms with Crippen LogP contribution in [0.15, 0.2) is 47.4 Å². The Morgan fingerprint density at radius 2 is 1.70 bits per heavy atom. The fourth-order valence-electron chi connectivity index (χ4n) is 2.41. The Bertz CT molecular complexity index is 895. The fourth-order valence-corrected chi connectivity index (χ4v) is 3.49. The summed E-state index contributed by atoms with van der Waals surface area (Å²) < 4.78 is 35.6. The number of carbonyl (C=O) groups is 1. The van der Waals surface area contributed by atoms with Gasteiger partial charge in [-0.2, -0.15) is 0 Å². The number of rotatable bonds is 8. The monoisotopic (exact) mass is 392 g/mol. The van der Waals surface area contributed by atoms with Gasteiger partial charge in [-0.05, 0) is 63.6 Å². The van der Waals surface area contributed by atoms with Crippen LogP contribution in [0.25, 0.3) is 0 Å². The minimum Gasteiger partial charge on any atom is -0.494 e. The van der Waals surface area contributed by atoms with Crippen LogP contribution in [-0.4, -0.2) is 27.0 Å². The van der Waals surface area contributed by atoms with Crippen LogP contribution < -0.4 is 19.7 Å². The molecule has 0 aliphatic carbocycles. The molecule has 0 radical (unpaired) electrons. The maximum Gasteiger partial charge on any atom is 0.275 e. The van der Waals surface area contributed by atoms with Crippen molar-refractivity contribution in [2.45, 2.75) is 38.7 Å². The summed E-state index contributed by atoms with van der Waals surface area (Å²) in [4.78, 5) is 14.4. The van der Waals surface area contributed by atoms with Gasteiger partial charge in [0, 0.05) is 0 Å². The molecule has 2 aromatic rings. The predicted octanol–water partition coefficient (Wildman–Crippen LogP) is 2.48. The molecule has 2 rings (SSSR count). The quantitative estimate of drug-likeness (QED) is 0.673. The van der Waals surface area contributed by atoms with Crippen molar-refractivity contribution in [2.24, 2.45) is 0 Å². The van der Waals surface area contributed by atoms with Gasteiger partial charge in [-0.25, -0.2) is 8.42 Å². The highest BCUT2D eigenvalue weighted by molar-refractivity contribution is 7.89. The number of ether oxygens (including phenoxy) is 2. The van der Waals surface area contributed by atoms with Gasteiger partial charge in [0.25, 0.3) is 15.9 Å². The molecule has 7 nitrogen and oxygen atoms in total. The van der Waals surface area contributed by atoms with E-state index in [2.05, 4.69) is 10.3 Å². The summed E-state index contributed by atoms with van der Waals surface area (Å²) in [5.41, 5.74) is 3.73. The first-order valence-electron chi connectivity index (χ1n) is 8.51. The van der Waals surface area contributed by atoms with Gasteiger partial charge >= 0.3 is 0 Å². The molecule has 146 valence electrons. The molecule has 2 aromatic carbocycles. The lowest BCUT2D eigenvalue weighted by Crippen LogP contribution is -2.47. The second kappa shape index (κ2) is 8.88.